The predicted molar refractivity (Wildman–Crippen MR) is 55.8 cm³/mol. The van der Waals surface area contributed by atoms with Crippen LogP contribution in [0.5, 0.6) is 0 Å². The van der Waals surface area contributed by atoms with Gasteiger partial charge in [-0.3, -0.25) is 0 Å². The molecule has 2 rings (SSSR count). The van der Waals surface area contributed by atoms with Gasteiger partial charge in [0.25, 0.3) is 0 Å². The molecule has 0 aromatic rings. The van der Waals surface area contributed by atoms with E-state index in [-0.39, 0.29) is 5.60 Å². The maximum Gasteiger partial charge on any atom is 0.106 e. The minimum Gasteiger partial charge on any atom is -0.236 e. The molecule has 1 spiro atoms. The van der Waals surface area contributed by atoms with Crippen LogP contribution < -0.4 is 0 Å². The van der Waals surface area contributed by atoms with Crippen LogP contribution in [-0.2, 0) is 9.78 Å². The lowest BCUT2D eigenvalue weighted by Crippen LogP contribution is -2.32. The van der Waals surface area contributed by atoms with Crippen molar-refractivity contribution in [3.63, 3.8) is 0 Å². The Labute approximate surface area is 86.2 Å². The van der Waals surface area contributed by atoms with Gasteiger partial charge in [-0.2, -0.15) is 0 Å². The Morgan fingerprint density at radius 1 is 1.29 bits per heavy atom. The fourth-order valence-electron chi connectivity index (χ4n) is 2.46. The number of rotatable bonds is 2. The molecular formula is C12H20O2. The molecule has 0 aromatic heterocycles. The van der Waals surface area contributed by atoms with Crippen LogP contribution >= 0.6 is 0 Å². The second-order valence-corrected chi connectivity index (χ2v) is 4.51. The monoisotopic (exact) mass is 196 g/mol. The van der Waals surface area contributed by atoms with E-state index in [4.69, 9.17) is 9.78 Å². The summed E-state index contributed by atoms with van der Waals surface area (Å²) in [6.45, 7) is 2.98. The molecule has 80 valence electrons. The molecule has 1 saturated carbocycles. The number of hydrogen-bond donors (Lipinski definition) is 0. The second-order valence-electron chi connectivity index (χ2n) is 4.51. The van der Waals surface area contributed by atoms with E-state index in [1.54, 1.807) is 0 Å². The zero-order chi connectivity index (χ0) is 9.86. The van der Waals surface area contributed by atoms with E-state index in [0.717, 1.165) is 25.4 Å². The van der Waals surface area contributed by atoms with Gasteiger partial charge in [0.15, 0.2) is 0 Å². The molecule has 2 nitrogen and oxygen atoms in total. The molecule has 0 radical (unpaired) electrons. The minimum absolute atomic E-state index is 0.0938. The topological polar surface area (TPSA) is 18.5 Å². The first kappa shape index (κ1) is 10.2. The largest absolute Gasteiger partial charge is 0.236 e. The SMILES string of the molecule is CCC=CC1CCC2(CCOO2)CC1. The third-order valence-electron chi connectivity index (χ3n) is 3.46. The van der Waals surface area contributed by atoms with Crippen molar-refractivity contribution in [2.75, 3.05) is 6.61 Å². The highest BCUT2D eigenvalue weighted by Gasteiger charge is 2.40. The maximum atomic E-state index is 5.41. The Kier molecular flexibility index (Phi) is 3.24. The molecule has 0 bridgehead atoms. The molecule has 0 aromatic carbocycles. The zero-order valence-electron chi connectivity index (χ0n) is 9.00. The molecule has 1 aliphatic carbocycles. The van der Waals surface area contributed by atoms with E-state index < -0.39 is 0 Å². The van der Waals surface area contributed by atoms with Gasteiger partial charge in [0.1, 0.15) is 5.60 Å². The smallest absolute Gasteiger partial charge is 0.106 e. The van der Waals surface area contributed by atoms with Crippen molar-refractivity contribution in [2.45, 2.75) is 51.0 Å². The quantitative estimate of drug-likeness (QED) is 0.498. The Morgan fingerprint density at radius 2 is 2.07 bits per heavy atom. The summed E-state index contributed by atoms with van der Waals surface area (Å²) in [7, 11) is 0. The first-order valence-electron chi connectivity index (χ1n) is 5.82. The van der Waals surface area contributed by atoms with E-state index in [1.165, 1.54) is 25.7 Å². The number of allylic oxidation sites excluding steroid dienone is 2. The predicted octanol–water partition coefficient (Wildman–Crippen LogP) is 3.23. The maximum absolute atomic E-state index is 5.41. The van der Waals surface area contributed by atoms with Crippen LogP contribution in [0.1, 0.15) is 45.4 Å². The van der Waals surface area contributed by atoms with E-state index in [1.807, 2.05) is 0 Å². The van der Waals surface area contributed by atoms with Crippen LogP contribution in [0.25, 0.3) is 0 Å². The summed E-state index contributed by atoms with van der Waals surface area (Å²) in [5, 5.41) is 0. The highest BCUT2D eigenvalue weighted by molar-refractivity contribution is 4.95. The first-order chi connectivity index (χ1) is 6.85. The summed E-state index contributed by atoms with van der Waals surface area (Å²) in [5.41, 5.74) is 0.0938. The van der Waals surface area contributed by atoms with Gasteiger partial charge in [-0.25, -0.2) is 9.78 Å². The summed E-state index contributed by atoms with van der Waals surface area (Å²) in [4.78, 5) is 10.4. The summed E-state index contributed by atoms with van der Waals surface area (Å²) in [6, 6.07) is 0. The average molecular weight is 196 g/mol. The molecule has 0 N–H and O–H groups in total. The lowest BCUT2D eigenvalue weighted by atomic mass is 9.77. The molecule has 1 heterocycles. The molecule has 1 saturated heterocycles. The summed E-state index contributed by atoms with van der Waals surface area (Å²) < 4.78 is 0. The van der Waals surface area contributed by atoms with Gasteiger partial charge in [-0.05, 0) is 38.0 Å². The lowest BCUT2D eigenvalue weighted by molar-refractivity contribution is -0.315. The minimum atomic E-state index is 0.0938. The fourth-order valence-corrected chi connectivity index (χ4v) is 2.46. The molecule has 2 aliphatic rings. The van der Waals surface area contributed by atoms with Gasteiger partial charge >= 0.3 is 0 Å². The van der Waals surface area contributed by atoms with Crippen LogP contribution in [0, 0.1) is 5.92 Å². The second kappa shape index (κ2) is 4.45. The Morgan fingerprint density at radius 3 is 2.64 bits per heavy atom. The van der Waals surface area contributed by atoms with Crippen molar-refractivity contribution in [2.24, 2.45) is 5.92 Å². The third kappa shape index (κ3) is 2.18. The standard InChI is InChI=1S/C12H20O2/c1-2-3-4-11-5-7-12(8-6-11)9-10-13-14-12/h3-4,11H,2,5-10H2,1H3. The van der Waals surface area contributed by atoms with Crippen molar-refractivity contribution in [1.29, 1.82) is 0 Å². The van der Waals surface area contributed by atoms with Crippen molar-refractivity contribution in [1.82, 2.24) is 0 Å². The molecule has 1 aliphatic heterocycles. The van der Waals surface area contributed by atoms with Gasteiger partial charge < -0.3 is 0 Å². The van der Waals surface area contributed by atoms with Crippen molar-refractivity contribution >= 4 is 0 Å². The highest BCUT2D eigenvalue weighted by atomic mass is 17.2. The molecule has 2 heteroatoms. The van der Waals surface area contributed by atoms with E-state index >= 15 is 0 Å². The highest BCUT2D eigenvalue weighted by Crippen LogP contribution is 2.40. The molecular weight excluding hydrogens is 176 g/mol. The Bertz CT molecular complexity index is 194. The van der Waals surface area contributed by atoms with Crippen molar-refractivity contribution < 1.29 is 9.78 Å². The summed E-state index contributed by atoms with van der Waals surface area (Å²) in [6.07, 6.45) is 11.8. The lowest BCUT2D eigenvalue weighted by Gasteiger charge is -2.33. The van der Waals surface area contributed by atoms with E-state index in [2.05, 4.69) is 19.1 Å². The van der Waals surface area contributed by atoms with Gasteiger partial charge in [-0.15, -0.1) is 0 Å². The normalized spacial score (nSPS) is 38.5. The van der Waals surface area contributed by atoms with Crippen LogP contribution in [0.15, 0.2) is 12.2 Å². The average Bonchev–Trinajstić information content (AvgIpc) is 2.66. The molecule has 14 heavy (non-hydrogen) atoms. The van der Waals surface area contributed by atoms with Gasteiger partial charge in [0.05, 0.1) is 6.61 Å². The van der Waals surface area contributed by atoms with Crippen LogP contribution in [-0.4, -0.2) is 12.2 Å². The summed E-state index contributed by atoms with van der Waals surface area (Å²) >= 11 is 0. The fraction of sp³-hybridized carbons (Fsp3) is 0.833. The third-order valence-corrected chi connectivity index (χ3v) is 3.46. The van der Waals surface area contributed by atoms with Crippen molar-refractivity contribution in [3.8, 4) is 0 Å². The molecule has 2 fully saturated rings. The van der Waals surface area contributed by atoms with Crippen LogP contribution in [0.4, 0.5) is 0 Å². The zero-order valence-corrected chi connectivity index (χ0v) is 9.00. The molecule has 0 atom stereocenters. The van der Waals surface area contributed by atoms with Gasteiger partial charge in [0, 0.05) is 6.42 Å². The molecule has 0 amide bonds. The summed E-state index contributed by atoms with van der Waals surface area (Å²) in [5.74, 6) is 0.782. The van der Waals surface area contributed by atoms with E-state index in [0.29, 0.717) is 0 Å². The van der Waals surface area contributed by atoms with E-state index in [9.17, 15) is 0 Å². The van der Waals surface area contributed by atoms with Gasteiger partial charge in [0.2, 0.25) is 0 Å². The number of hydrogen-bond acceptors (Lipinski definition) is 2. The Hall–Kier alpha value is -0.340. The van der Waals surface area contributed by atoms with Crippen molar-refractivity contribution in [3.05, 3.63) is 12.2 Å². The Balaban J connectivity index is 1.82. The van der Waals surface area contributed by atoms with Gasteiger partial charge in [-0.1, -0.05) is 19.1 Å². The molecule has 0 unspecified atom stereocenters. The van der Waals surface area contributed by atoms with Crippen LogP contribution in [0.2, 0.25) is 0 Å². The van der Waals surface area contributed by atoms with Crippen LogP contribution in [0.3, 0.4) is 0 Å². The first-order valence-corrected chi connectivity index (χ1v) is 5.82.